The lowest BCUT2D eigenvalue weighted by molar-refractivity contribution is -0.136. The van der Waals surface area contributed by atoms with E-state index in [0.717, 1.165) is 11.1 Å². The summed E-state index contributed by atoms with van der Waals surface area (Å²) < 4.78 is 5.62. The first-order chi connectivity index (χ1) is 9.13. The van der Waals surface area contributed by atoms with Gasteiger partial charge in [0.25, 0.3) is 0 Å². The average Bonchev–Trinajstić information content (AvgIpc) is 2.36. The normalized spacial score (nSPS) is 10.2. The Morgan fingerprint density at radius 1 is 1.11 bits per heavy atom. The molecule has 2 aromatic rings. The number of ether oxygens (including phenoxy) is 1. The third-order valence-corrected chi connectivity index (χ3v) is 2.78. The number of carbonyl (C=O) groups is 1. The highest BCUT2D eigenvalue weighted by molar-refractivity contribution is 6.30. The number of aliphatic carboxylic acids is 1. The Hall–Kier alpha value is -2.00. The number of benzene rings is 2. The van der Waals surface area contributed by atoms with E-state index in [4.69, 9.17) is 21.4 Å². The quantitative estimate of drug-likeness (QED) is 0.908. The fourth-order valence-electron chi connectivity index (χ4n) is 1.71. The third kappa shape index (κ3) is 4.30. The van der Waals surface area contributed by atoms with Gasteiger partial charge < -0.3 is 9.84 Å². The molecule has 2 rings (SSSR count). The van der Waals surface area contributed by atoms with Gasteiger partial charge in [-0.05, 0) is 35.4 Å². The summed E-state index contributed by atoms with van der Waals surface area (Å²) in [5, 5.41) is 9.41. The molecule has 19 heavy (non-hydrogen) atoms. The maximum absolute atomic E-state index is 10.6. The number of carboxylic acids is 1. The minimum absolute atomic E-state index is 0.00559. The second-order valence-electron chi connectivity index (χ2n) is 4.14. The molecular formula is C15H13ClO3. The molecule has 1 N–H and O–H groups in total. The highest BCUT2D eigenvalue weighted by Gasteiger charge is 2.02. The molecule has 0 aliphatic rings. The average molecular weight is 277 g/mol. The highest BCUT2D eigenvalue weighted by Crippen LogP contribution is 2.17. The van der Waals surface area contributed by atoms with Gasteiger partial charge in [0, 0.05) is 5.02 Å². The molecule has 0 aliphatic heterocycles. The summed E-state index contributed by atoms with van der Waals surface area (Å²) in [6.45, 7) is 0.400. The van der Waals surface area contributed by atoms with E-state index >= 15 is 0 Å². The van der Waals surface area contributed by atoms with Gasteiger partial charge >= 0.3 is 5.97 Å². The standard InChI is InChI=1S/C15H13ClO3/c16-13-5-1-4-12(7-13)10-19-14-6-2-3-11(8-14)9-15(17)18/h1-8H,9-10H2,(H,17,18). The first-order valence-corrected chi connectivity index (χ1v) is 6.19. The Morgan fingerprint density at radius 3 is 2.58 bits per heavy atom. The van der Waals surface area contributed by atoms with Crippen molar-refractivity contribution >= 4 is 17.6 Å². The molecule has 0 saturated carbocycles. The Morgan fingerprint density at radius 2 is 1.84 bits per heavy atom. The number of carboxylic acid groups (broad SMARTS) is 1. The minimum Gasteiger partial charge on any atom is -0.489 e. The first kappa shape index (κ1) is 13.4. The minimum atomic E-state index is -0.855. The summed E-state index contributed by atoms with van der Waals surface area (Å²) >= 11 is 5.89. The molecular weight excluding hydrogens is 264 g/mol. The molecule has 0 fully saturated rings. The summed E-state index contributed by atoms with van der Waals surface area (Å²) in [6.07, 6.45) is -0.00559. The van der Waals surface area contributed by atoms with Gasteiger partial charge in [-0.25, -0.2) is 0 Å². The van der Waals surface area contributed by atoms with E-state index in [1.165, 1.54) is 0 Å². The fraction of sp³-hybridized carbons (Fsp3) is 0.133. The molecule has 0 unspecified atom stereocenters. The van der Waals surface area contributed by atoms with Crippen molar-refractivity contribution in [3.8, 4) is 5.75 Å². The van der Waals surface area contributed by atoms with Crippen LogP contribution in [-0.2, 0) is 17.8 Å². The van der Waals surface area contributed by atoms with Crippen molar-refractivity contribution in [1.82, 2.24) is 0 Å². The lowest BCUT2D eigenvalue weighted by Gasteiger charge is -2.07. The van der Waals surface area contributed by atoms with Gasteiger partial charge in [0.05, 0.1) is 6.42 Å². The second kappa shape index (κ2) is 6.25. The van der Waals surface area contributed by atoms with Crippen LogP contribution in [0.25, 0.3) is 0 Å². The molecule has 0 aromatic heterocycles. The summed E-state index contributed by atoms with van der Waals surface area (Å²) in [5.41, 5.74) is 1.69. The summed E-state index contributed by atoms with van der Waals surface area (Å²) in [7, 11) is 0. The molecule has 0 saturated heterocycles. The van der Waals surface area contributed by atoms with Crippen LogP contribution in [0.2, 0.25) is 5.02 Å². The van der Waals surface area contributed by atoms with Crippen LogP contribution in [0.4, 0.5) is 0 Å². The SMILES string of the molecule is O=C(O)Cc1cccc(OCc2cccc(Cl)c2)c1. The maximum Gasteiger partial charge on any atom is 0.307 e. The van der Waals surface area contributed by atoms with Crippen LogP contribution in [0.5, 0.6) is 5.75 Å². The van der Waals surface area contributed by atoms with Gasteiger partial charge in [-0.1, -0.05) is 35.9 Å². The molecule has 0 bridgehead atoms. The molecule has 0 spiro atoms. The lowest BCUT2D eigenvalue weighted by Crippen LogP contribution is -2.01. The van der Waals surface area contributed by atoms with Crippen LogP contribution in [0.3, 0.4) is 0 Å². The molecule has 2 aromatic carbocycles. The van der Waals surface area contributed by atoms with Crippen molar-refractivity contribution in [2.24, 2.45) is 0 Å². The Kier molecular flexibility index (Phi) is 4.42. The van der Waals surface area contributed by atoms with Crippen molar-refractivity contribution in [3.05, 3.63) is 64.7 Å². The molecule has 4 heteroatoms. The molecule has 3 nitrogen and oxygen atoms in total. The molecule has 98 valence electrons. The molecule has 0 amide bonds. The van der Waals surface area contributed by atoms with Gasteiger partial charge in [-0.15, -0.1) is 0 Å². The second-order valence-corrected chi connectivity index (χ2v) is 4.57. The Balaban J connectivity index is 2.01. The lowest BCUT2D eigenvalue weighted by atomic mass is 10.1. The van der Waals surface area contributed by atoms with Gasteiger partial charge in [-0.3, -0.25) is 4.79 Å². The third-order valence-electron chi connectivity index (χ3n) is 2.55. The van der Waals surface area contributed by atoms with E-state index in [2.05, 4.69) is 0 Å². The fourth-order valence-corrected chi connectivity index (χ4v) is 1.93. The highest BCUT2D eigenvalue weighted by atomic mass is 35.5. The topological polar surface area (TPSA) is 46.5 Å². The molecule has 0 radical (unpaired) electrons. The predicted octanol–water partition coefficient (Wildman–Crippen LogP) is 3.55. The van der Waals surface area contributed by atoms with Crippen LogP contribution >= 0.6 is 11.6 Å². The number of hydrogen-bond donors (Lipinski definition) is 1. The van der Waals surface area contributed by atoms with E-state index in [0.29, 0.717) is 17.4 Å². The van der Waals surface area contributed by atoms with Crippen molar-refractivity contribution < 1.29 is 14.6 Å². The number of rotatable bonds is 5. The first-order valence-electron chi connectivity index (χ1n) is 5.81. The van der Waals surface area contributed by atoms with Crippen LogP contribution in [0.15, 0.2) is 48.5 Å². The Labute approximate surface area is 116 Å². The van der Waals surface area contributed by atoms with Gasteiger partial charge in [0.1, 0.15) is 12.4 Å². The van der Waals surface area contributed by atoms with Crippen LogP contribution in [-0.4, -0.2) is 11.1 Å². The summed E-state index contributed by atoms with van der Waals surface area (Å²) in [5.74, 6) is -0.203. The zero-order valence-electron chi connectivity index (χ0n) is 10.2. The predicted molar refractivity (Wildman–Crippen MR) is 73.6 cm³/mol. The zero-order valence-corrected chi connectivity index (χ0v) is 10.9. The van der Waals surface area contributed by atoms with Crippen LogP contribution < -0.4 is 4.74 Å². The van der Waals surface area contributed by atoms with E-state index < -0.39 is 5.97 Å². The van der Waals surface area contributed by atoms with E-state index in [1.54, 1.807) is 30.3 Å². The van der Waals surface area contributed by atoms with Crippen LogP contribution in [0, 0.1) is 0 Å². The van der Waals surface area contributed by atoms with E-state index in [1.807, 2.05) is 18.2 Å². The largest absolute Gasteiger partial charge is 0.489 e. The number of hydrogen-bond acceptors (Lipinski definition) is 2. The van der Waals surface area contributed by atoms with Crippen molar-refractivity contribution in [3.63, 3.8) is 0 Å². The monoisotopic (exact) mass is 276 g/mol. The van der Waals surface area contributed by atoms with Crippen molar-refractivity contribution in [2.45, 2.75) is 13.0 Å². The van der Waals surface area contributed by atoms with Gasteiger partial charge in [0.2, 0.25) is 0 Å². The van der Waals surface area contributed by atoms with Crippen molar-refractivity contribution in [2.75, 3.05) is 0 Å². The van der Waals surface area contributed by atoms with Crippen molar-refractivity contribution in [1.29, 1.82) is 0 Å². The smallest absolute Gasteiger partial charge is 0.307 e. The Bertz CT molecular complexity index is 581. The molecule has 0 atom stereocenters. The summed E-state index contributed by atoms with van der Waals surface area (Å²) in [6, 6.07) is 14.5. The number of halogens is 1. The molecule has 0 heterocycles. The zero-order chi connectivity index (χ0) is 13.7. The van der Waals surface area contributed by atoms with Crippen LogP contribution in [0.1, 0.15) is 11.1 Å². The van der Waals surface area contributed by atoms with Gasteiger partial charge in [0.15, 0.2) is 0 Å². The van der Waals surface area contributed by atoms with E-state index in [9.17, 15) is 4.79 Å². The maximum atomic E-state index is 10.6. The summed E-state index contributed by atoms with van der Waals surface area (Å²) in [4.78, 5) is 10.6. The molecule has 0 aliphatic carbocycles. The van der Waals surface area contributed by atoms with E-state index in [-0.39, 0.29) is 6.42 Å². The van der Waals surface area contributed by atoms with Gasteiger partial charge in [-0.2, -0.15) is 0 Å².